The predicted molar refractivity (Wildman–Crippen MR) is 309 cm³/mol. The minimum atomic E-state index is -1.55. The molecule has 0 saturated carbocycles. The molecule has 0 aliphatic carbocycles. The lowest BCUT2D eigenvalue weighted by Crippen LogP contribution is -2.60. The molecule has 0 spiro atoms. The monoisotopic (exact) mass is 1030 g/mol. The summed E-state index contributed by atoms with van der Waals surface area (Å²) in [6.45, 7) is 3.88. The molecule has 0 radical (unpaired) electrons. The van der Waals surface area contributed by atoms with E-state index in [1.807, 2.05) is 0 Å². The van der Waals surface area contributed by atoms with Crippen LogP contribution in [0.15, 0.2) is 24.3 Å². The Hall–Kier alpha value is -1.33. The maximum absolute atomic E-state index is 13.1. The molecule has 7 atom stereocenters. The maximum Gasteiger partial charge on any atom is 0.220 e. The lowest BCUT2D eigenvalue weighted by atomic mass is 9.99. The van der Waals surface area contributed by atoms with E-state index < -0.39 is 49.5 Å². The first-order valence-electron chi connectivity index (χ1n) is 32.0. The Morgan fingerprint density at radius 2 is 0.808 bits per heavy atom. The second kappa shape index (κ2) is 54.0. The zero-order valence-corrected chi connectivity index (χ0v) is 48.2. The standard InChI is InChI=1S/C64H123NO8/c1-3-5-7-9-11-13-15-17-19-21-23-24-25-26-27-28-29-30-31-32-33-34-36-38-40-42-44-46-48-50-52-54-60(68)65-57(56-72-64-63(71)62(70)61(69)59(55-66)73-64)58(67)53-51-49-47-45-43-41-39-37-35-22-20-18-16-14-12-10-8-6-4-2/h23-24,26-27,57-59,61-64,66-67,69-71H,3-22,25,28-56H2,1-2H3,(H,65,68)/b24-23-,27-26-. The Kier molecular flexibility index (Phi) is 51.6. The summed E-state index contributed by atoms with van der Waals surface area (Å²) in [5.74, 6) is -0.139. The van der Waals surface area contributed by atoms with Gasteiger partial charge in [-0.25, -0.2) is 0 Å². The summed E-state index contributed by atoms with van der Waals surface area (Å²) in [5, 5.41) is 54.8. The first kappa shape index (κ1) is 69.7. The molecule has 1 aliphatic heterocycles. The first-order valence-corrected chi connectivity index (χ1v) is 32.0. The van der Waals surface area contributed by atoms with Crippen molar-refractivity contribution in [3.63, 3.8) is 0 Å². The van der Waals surface area contributed by atoms with Crippen LogP contribution in [0.2, 0.25) is 0 Å². The summed E-state index contributed by atoms with van der Waals surface area (Å²) < 4.78 is 11.3. The molecule has 7 unspecified atom stereocenters. The number of nitrogens with one attached hydrogen (secondary N) is 1. The summed E-state index contributed by atoms with van der Waals surface area (Å²) in [6.07, 6.45) is 62.2. The molecule has 432 valence electrons. The highest BCUT2D eigenvalue weighted by atomic mass is 16.7. The highest BCUT2D eigenvalue weighted by Crippen LogP contribution is 2.23. The van der Waals surface area contributed by atoms with Crippen LogP contribution in [0.3, 0.4) is 0 Å². The molecule has 9 nitrogen and oxygen atoms in total. The molecular formula is C64H123NO8. The van der Waals surface area contributed by atoms with Crippen molar-refractivity contribution in [1.82, 2.24) is 5.32 Å². The molecule has 0 aromatic heterocycles. The lowest BCUT2D eigenvalue weighted by molar-refractivity contribution is -0.302. The van der Waals surface area contributed by atoms with Crippen molar-refractivity contribution in [3.05, 3.63) is 24.3 Å². The fourth-order valence-electron chi connectivity index (χ4n) is 10.5. The van der Waals surface area contributed by atoms with E-state index >= 15 is 0 Å². The normalized spacial score (nSPS) is 19.1. The van der Waals surface area contributed by atoms with Crippen molar-refractivity contribution in [2.45, 2.75) is 365 Å². The van der Waals surface area contributed by atoms with Crippen molar-refractivity contribution >= 4 is 5.91 Å². The highest BCUT2D eigenvalue weighted by molar-refractivity contribution is 5.76. The first-order chi connectivity index (χ1) is 35.8. The van der Waals surface area contributed by atoms with Gasteiger partial charge >= 0.3 is 0 Å². The van der Waals surface area contributed by atoms with Crippen molar-refractivity contribution in [3.8, 4) is 0 Å². The smallest absolute Gasteiger partial charge is 0.220 e. The molecule has 1 amide bonds. The number of aliphatic hydroxyl groups is 5. The van der Waals surface area contributed by atoms with Gasteiger partial charge in [-0.05, 0) is 44.9 Å². The summed E-state index contributed by atoms with van der Waals surface area (Å²) in [4.78, 5) is 13.1. The fraction of sp³-hybridized carbons (Fsp3) is 0.922. The van der Waals surface area contributed by atoms with Crippen molar-refractivity contribution in [2.24, 2.45) is 0 Å². The molecule has 9 heteroatoms. The van der Waals surface area contributed by atoms with E-state index in [9.17, 15) is 30.3 Å². The van der Waals surface area contributed by atoms with Gasteiger partial charge < -0.3 is 40.3 Å². The summed E-state index contributed by atoms with van der Waals surface area (Å²) >= 11 is 0. The van der Waals surface area contributed by atoms with Crippen LogP contribution >= 0.6 is 0 Å². The van der Waals surface area contributed by atoms with Gasteiger partial charge in [-0.3, -0.25) is 4.79 Å². The largest absolute Gasteiger partial charge is 0.394 e. The third-order valence-corrected chi connectivity index (χ3v) is 15.6. The van der Waals surface area contributed by atoms with Gasteiger partial charge in [0.05, 0.1) is 25.4 Å². The van der Waals surface area contributed by atoms with Crippen LogP contribution in [0.5, 0.6) is 0 Å². The van der Waals surface area contributed by atoms with Crippen LogP contribution < -0.4 is 5.32 Å². The van der Waals surface area contributed by atoms with E-state index in [4.69, 9.17) is 9.47 Å². The molecule has 1 saturated heterocycles. The fourth-order valence-corrected chi connectivity index (χ4v) is 10.5. The molecule has 1 heterocycles. The minimum absolute atomic E-state index is 0.134. The third-order valence-electron chi connectivity index (χ3n) is 15.6. The number of hydrogen-bond acceptors (Lipinski definition) is 8. The second-order valence-corrected chi connectivity index (χ2v) is 22.6. The van der Waals surface area contributed by atoms with Gasteiger partial charge in [-0.15, -0.1) is 0 Å². The molecule has 1 aliphatic rings. The molecule has 0 aromatic carbocycles. The SMILES string of the molecule is CCCCCCCCCCC/C=C\C/C=C\CCCCCCCCCCCCCCCCCC(=O)NC(COC1OC(CO)C(O)C(O)C1O)C(O)CCCCCCCCCCCCCCCCCCCCC. The maximum atomic E-state index is 13.1. The average molecular weight is 1030 g/mol. The van der Waals surface area contributed by atoms with Gasteiger partial charge in [0.15, 0.2) is 6.29 Å². The quantitative estimate of drug-likeness (QED) is 0.0261. The molecule has 6 N–H and O–H groups in total. The Morgan fingerprint density at radius 3 is 1.18 bits per heavy atom. The van der Waals surface area contributed by atoms with Gasteiger partial charge in [0.1, 0.15) is 24.4 Å². The third kappa shape index (κ3) is 43.4. The van der Waals surface area contributed by atoms with Crippen molar-refractivity contribution < 1.29 is 39.8 Å². The second-order valence-electron chi connectivity index (χ2n) is 22.6. The van der Waals surface area contributed by atoms with Gasteiger partial charge in [0, 0.05) is 6.42 Å². The number of rotatable bonds is 56. The number of unbranched alkanes of at least 4 members (excludes halogenated alkanes) is 42. The Bertz CT molecular complexity index is 1200. The van der Waals surface area contributed by atoms with Gasteiger partial charge in [0.25, 0.3) is 0 Å². The van der Waals surface area contributed by atoms with E-state index in [1.54, 1.807) is 0 Å². The highest BCUT2D eigenvalue weighted by Gasteiger charge is 2.44. The summed E-state index contributed by atoms with van der Waals surface area (Å²) in [7, 11) is 0. The molecule has 1 fully saturated rings. The summed E-state index contributed by atoms with van der Waals surface area (Å²) in [5.41, 5.74) is 0. The van der Waals surface area contributed by atoms with Crippen LogP contribution in [0, 0.1) is 0 Å². The molecule has 0 bridgehead atoms. The Balaban J connectivity index is 2.13. The van der Waals surface area contributed by atoms with Crippen molar-refractivity contribution in [1.29, 1.82) is 0 Å². The van der Waals surface area contributed by atoms with Crippen LogP contribution in [0.1, 0.15) is 322 Å². The van der Waals surface area contributed by atoms with Crippen LogP contribution in [0.25, 0.3) is 0 Å². The number of aliphatic hydroxyl groups excluding tert-OH is 5. The van der Waals surface area contributed by atoms with E-state index in [0.717, 1.165) is 44.9 Å². The molecule has 73 heavy (non-hydrogen) atoms. The number of amides is 1. The zero-order valence-electron chi connectivity index (χ0n) is 48.2. The minimum Gasteiger partial charge on any atom is -0.394 e. The van der Waals surface area contributed by atoms with E-state index in [2.05, 4.69) is 43.5 Å². The number of hydrogen-bond donors (Lipinski definition) is 6. The Labute approximate surface area is 451 Å². The van der Waals surface area contributed by atoms with Gasteiger partial charge in [-0.2, -0.15) is 0 Å². The predicted octanol–water partition coefficient (Wildman–Crippen LogP) is 16.5. The number of carbonyl (C=O) groups excluding carboxylic acids is 1. The van der Waals surface area contributed by atoms with Crippen LogP contribution in [0.4, 0.5) is 0 Å². The number of ether oxygens (including phenoxy) is 2. The van der Waals surface area contributed by atoms with Crippen LogP contribution in [-0.4, -0.2) is 87.5 Å². The van der Waals surface area contributed by atoms with E-state index in [1.165, 1.54) is 250 Å². The van der Waals surface area contributed by atoms with Gasteiger partial charge in [0.2, 0.25) is 5.91 Å². The van der Waals surface area contributed by atoms with Gasteiger partial charge in [-0.1, -0.05) is 295 Å². The summed E-state index contributed by atoms with van der Waals surface area (Å²) in [6, 6.07) is -0.718. The van der Waals surface area contributed by atoms with Crippen LogP contribution in [-0.2, 0) is 14.3 Å². The van der Waals surface area contributed by atoms with E-state index in [-0.39, 0.29) is 12.5 Å². The average Bonchev–Trinajstić information content (AvgIpc) is 3.39. The lowest BCUT2D eigenvalue weighted by Gasteiger charge is -2.40. The molecular weight excluding hydrogens is 911 g/mol. The topological polar surface area (TPSA) is 149 Å². The zero-order chi connectivity index (χ0) is 52.9. The number of allylic oxidation sites excluding steroid dienone is 4. The van der Waals surface area contributed by atoms with E-state index in [0.29, 0.717) is 12.8 Å². The Morgan fingerprint density at radius 1 is 0.466 bits per heavy atom. The number of carbonyl (C=O) groups is 1. The molecule has 1 rings (SSSR count). The van der Waals surface area contributed by atoms with Crippen molar-refractivity contribution in [2.75, 3.05) is 13.2 Å². The molecule has 0 aromatic rings.